The summed E-state index contributed by atoms with van der Waals surface area (Å²) in [5.74, 6) is -0.318. The minimum Gasteiger partial charge on any atom is -0.457 e. The van der Waals surface area contributed by atoms with E-state index >= 15 is 0 Å². The zero-order valence-corrected chi connectivity index (χ0v) is 18.1. The van der Waals surface area contributed by atoms with Crippen molar-refractivity contribution in [2.24, 2.45) is 0 Å². The second-order valence-electron chi connectivity index (χ2n) is 8.35. The van der Waals surface area contributed by atoms with Crippen LogP contribution in [0.4, 0.5) is 0 Å². The molecule has 0 bridgehead atoms. The maximum absolute atomic E-state index is 11.0. The largest absolute Gasteiger partial charge is 0.457 e. The van der Waals surface area contributed by atoms with Gasteiger partial charge >= 0.3 is 5.97 Å². The number of unbranched alkanes of at least 4 members (excludes halogenated alkanes) is 13. The number of hydrogen-bond donors (Lipinski definition) is 0. The Balaban J connectivity index is 3.31. The first-order chi connectivity index (χ1) is 12.5. The summed E-state index contributed by atoms with van der Waals surface area (Å²) in [5, 5.41) is 0. The zero-order chi connectivity index (χ0) is 19.5. The van der Waals surface area contributed by atoms with Gasteiger partial charge in [-0.25, -0.2) is 4.79 Å². The topological polar surface area (TPSA) is 26.3 Å². The van der Waals surface area contributed by atoms with E-state index in [9.17, 15) is 4.79 Å². The predicted molar refractivity (Wildman–Crippen MR) is 113 cm³/mol. The van der Waals surface area contributed by atoms with Crippen LogP contribution in [0.5, 0.6) is 0 Å². The van der Waals surface area contributed by atoms with E-state index in [4.69, 9.17) is 4.74 Å². The third-order valence-corrected chi connectivity index (χ3v) is 5.22. The SMILES string of the molecule is C=CC(=O)OCC[N+](C)(C)CCCCCCCCCCCCCCCC. The molecule has 0 fully saturated rings. The lowest BCUT2D eigenvalue weighted by Crippen LogP contribution is -2.43. The Hall–Kier alpha value is -0.830. The fourth-order valence-electron chi connectivity index (χ4n) is 3.30. The molecule has 0 aromatic heterocycles. The normalized spacial score (nSPS) is 11.5. The molecule has 0 saturated heterocycles. The molecule has 0 atom stereocenters. The van der Waals surface area contributed by atoms with Crippen LogP contribution in [-0.2, 0) is 9.53 Å². The van der Waals surface area contributed by atoms with Crippen molar-refractivity contribution in [1.29, 1.82) is 0 Å². The average molecular weight is 369 g/mol. The first kappa shape index (κ1) is 25.2. The lowest BCUT2D eigenvalue weighted by atomic mass is 10.0. The number of carbonyl (C=O) groups is 1. The number of nitrogens with zero attached hydrogens (tertiary/aromatic N) is 1. The van der Waals surface area contributed by atoms with Gasteiger partial charge in [0.2, 0.25) is 0 Å². The molecule has 3 heteroatoms. The van der Waals surface area contributed by atoms with Crippen molar-refractivity contribution in [1.82, 2.24) is 0 Å². The van der Waals surface area contributed by atoms with Gasteiger partial charge in [-0.2, -0.15) is 0 Å². The summed E-state index contributed by atoms with van der Waals surface area (Å²) in [6.45, 7) is 8.21. The highest BCUT2D eigenvalue weighted by Crippen LogP contribution is 2.13. The molecule has 0 radical (unpaired) electrons. The monoisotopic (exact) mass is 368 g/mol. The number of carbonyl (C=O) groups excluding carboxylic acids is 1. The van der Waals surface area contributed by atoms with Gasteiger partial charge in [0.05, 0.1) is 20.6 Å². The van der Waals surface area contributed by atoms with Gasteiger partial charge in [-0.1, -0.05) is 90.6 Å². The minimum absolute atomic E-state index is 0.318. The Labute approximate surface area is 163 Å². The third kappa shape index (κ3) is 18.0. The zero-order valence-electron chi connectivity index (χ0n) is 18.1. The molecule has 0 unspecified atom stereocenters. The predicted octanol–water partition coefficient (Wildman–Crippen LogP) is 6.27. The molecule has 0 aromatic carbocycles. The first-order valence-electron chi connectivity index (χ1n) is 11.1. The standard InChI is InChI=1S/C23H46NO2/c1-5-7-8-9-10-11-12-13-14-15-16-17-18-19-20-24(3,4)21-22-26-23(25)6-2/h6H,2,5,7-22H2,1,3-4H3/q+1. The molecule has 0 heterocycles. The summed E-state index contributed by atoms with van der Waals surface area (Å²) in [4.78, 5) is 11.0. The molecule has 0 saturated carbocycles. The molecule has 0 aliphatic carbocycles. The van der Waals surface area contributed by atoms with Crippen LogP contribution in [0.1, 0.15) is 96.8 Å². The van der Waals surface area contributed by atoms with Gasteiger partial charge in [0.1, 0.15) is 13.2 Å². The van der Waals surface area contributed by atoms with Crippen molar-refractivity contribution in [3.63, 3.8) is 0 Å². The molecule has 0 N–H and O–H groups in total. The summed E-state index contributed by atoms with van der Waals surface area (Å²) in [6.07, 6.45) is 20.8. The van der Waals surface area contributed by atoms with E-state index in [0.29, 0.717) is 6.61 Å². The Kier molecular flexibility index (Phi) is 17.0. The fourth-order valence-corrected chi connectivity index (χ4v) is 3.30. The van der Waals surface area contributed by atoms with Gasteiger partial charge in [0.25, 0.3) is 0 Å². The Bertz CT molecular complexity index is 339. The van der Waals surface area contributed by atoms with E-state index in [1.807, 2.05) is 0 Å². The van der Waals surface area contributed by atoms with E-state index in [1.165, 1.54) is 96.0 Å². The first-order valence-corrected chi connectivity index (χ1v) is 11.1. The minimum atomic E-state index is -0.318. The maximum atomic E-state index is 11.0. The Morgan fingerprint density at radius 1 is 0.769 bits per heavy atom. The van der Waals surface area contributed by atoms with E-state index in [0.717, 1.165) is 17.6 Å². The highest BCUT2D eigenvalue weighted by Gasteiger charge is 2.14. The average Bonchev–Trinajstić information content (AvgIpc) is 2.61. The molecule has 154 valence electrons. The second-order valence-corrected chi connectivity index (χ2v) is 8.35. The smallest absolute Gasteiger partial charge is 0.330 e. The summed E-state index contributed by atoms with van der Waals surface area (Å²) in [7, 11) is 4.42. The molecular weight excluding hydrogens is 322 g/mol. The molecule has 0 amide bonds. The van der Waals surface area contributed by atoms with Crippen LogP contribution in [-0.4, -0.2) is 44.2 Å². The summed E-state index contributed by atoms with van der Waals surface area (Å²) < 4.78 is 6.00. The van der Waals surface area contributed by atoms with E-state index in [2.05, 4.69) is 27.6 Å². The number of esters is 1. The molecule has 3 nitrogen and oxygen atoms in total. The summed E-state index contributed by atoms with van der Waals surface area (Å²) in [6, 6.07) is 0. The number of hydrogen-bond acceptors (Lipinski definition) is 2. The molecule has 0 rings (SSSR count). The number of ether oxygens (including phenoxy) is 1. The van der Waals surface area contributed by atoms with Crippen molar-refractivity contribution in [3.05, 3.63) is 12.7 Å². The molecule has 0 spiro atoms. The van der Waals surface area contributed by atoms with Crippen molar-refractivity contribution in [2.75, 3.05) is 33.8 Å². The van der Waals surface area contributed by atoms with Gasteiger partial charge in [0, 0.05) is 6.08 Å². The molecule has 0 aromatic rings. The van der Waals surface area contributed by atoms with Crippen LogP contribution < -0.4 is 0 Å². The van der Waals surface area contributed by atoms with Gasteiger partial charge < -0.3 is 9.22 Å². The summed E-state index contributed by atoms with van der Waals surface area (Å²) in [5.41, 5.74) is 0. The molecule has 0 aliphatic rings. The Morgan fingerprint density at radius 3 is 1.62 bits per heavy atom. The van der Waals surface area contributed by atoms with Crippen LogP contribution in [0.25, 0.3) is 0 Å². The van der Waals surface area contributed by atoms with Crippen LogP contribution in [0.15, 0.2) is 12.7 Å². The van der Waals surface area contributed by atoms with Crippen molar-refractivity contribution in [2.45, 2.75) is 96.8 Å². The van der Waals surface area contributed by atoms with Crippen LogP contribution in [0, 0.1) is 0 Å². The van der Waals surface area contributed by atoms with Crippen LogP contribution >= 0.6 is 0 Å². The van der Waals surface area contributed by atoms with E-state index < -0.39 is 0 Å². The quantitative estimate of drug-likeness (QED) is 0.116. The number of likely N-dealkylation sites (N-methyl/N-ethyl adjacent to an activating group) is 1. The van der Waals surface area contributed by atoms with Crippen molar-refractivity contribution in [3.8, 4) is 0 Å². The fraction of sp³-hybridized carbons (Fsp3) is 0.870. The van der Waals surface area contributed by atoms with Crippen LogP contribution in [0.3, 0.4) is 0 Å². The second kappa shape index (κ2) is 17.6. The molecular formula is C23H46NO2+. The van der Waals surface area contributed by atoms with Gasteiger partial charge in [-0.3, -0.25) is 0 Å². The molecule has 26 heavy (non-hydrogen) atoms. The van der Waals surface area contributed by atoms with Crippen molar-refractivity contribution >= 4 is 5.97 Å². The van der Waals surface area contributed by atoms with Gasteiger partial charge in [-0.05, 0) is 12.8 Å². The number of rotatable bonds is 19. The highest BCUT2D eigenvalue weighted by molar-refractivity contribution is 5.81. The van der Waals surface area contributed by atoms with Crippen molar-refractivity contribution < 1.29 is 14.0 Å². The van der Waals surface area contributed by atoms with Gasteiger partial charge in [-0.15, -0.1) is 0 Å². The molecule has 0 aliphatic heterocycles. The lowest BCUT2D eigenvalue weighted by Gasteiger charge is -2.29. The summed E-state index contributed by atoms with van der Waals surface area (Å²) >= 11 is 0. The van der Waals surface area contributed by atoms with E-state index in [1.54, 1.807) is 0 Å². The van der Waals surface area contributed by atoms with Crippen LogP contribution in [0.2, 0.25) is 0 Å². The Morgan fingerprint density at radius 2 is 1.19 bits per heavy atom. The van der Waals surface area contributed by atoms with Gasteiger partial charge in [0.15, 0.2) is 0 Å². The lowest BCUT2D eigenvalue weighted by molar-refractivity contribution is -0.890. The van der Waals surface area contributed by atoms with E-state index in [-0.39, 0.29) is 5.97 Å². The highest BCUT2D eigenvalue weighted by atomic mass is 16.5. The third-order valence-electron chi connectivity index (χ3n) is 5.22. The number of quaternary nitrogens is 1. The maximum Gasteiger partial charge on any atom is 0.330 e.